The van der Waals surface area contributed by atoms with Gasteiger partial charge in [0.2, 0.25) is 0 Å². The molecule has 1 aliphatic heterocycles. The molecule has 0 saturated carbocycles. The summed E-state index contributed by atoms with van der Waals surface area (Å²) in [6, 6.07) is 8.11. The molecule has 0 radical (unpaired) electrons. The largest absolute Gasteiger partial charge is 0.399 e. The Kier molecular flexibility index (Phi) is 2.57. The standard InChI is InChI=1S/C12H19N3/c1-12(14-2)8-3-9-15(12)11-6-4-10(13)5-7-11/h4-7,14H,3,8-9,13H2,1-2H3. The summed E-state index contributed by atoms with van der Waals surface area (Å²) in [5, 5.41) is 3.40. The molecular weight excluding hydrogens is 186 g/mol. The van der Waals surface area contributed by atoms with Crippen LogP contribution in [0.4, 0.5) is 11.4 Å². The average molecular weight is 205 g/mol. The molecule has 1 unspecified atom stereocenters. The van der Waals surface area contributed by atoms with Crippen molar-refractivity contribution in [1.29, 1.82) is 0 Å². The molecule has 3 heteroatoms. The maximum absolute atomic E-state index is 5.69. The van der Waals surface area contributed by atoms with E-state index in [1.807, 2.05) is 19.2 Å². The van der Waals surface area contributed by atoms with Crippen LogP contribution >= 0.6 is 0 Å². The molecule has 2 rings (SSSR count). The van der Waals surface area contributed by atoms with Gasteiger partial charge in [0, 0.05) is 17.9 Å². The summed E-state index contributed by atoms with van der Waals surface area (Å²) in [5.41, 5.74) is 7.86. The van der Waals surface area contributed by atoms with Crippen molar-refractivity contribution in [2.75, 3.05) is 24.2 Å². The van der Waals surface area contributed by atoms with Gasteiger partial charge in [-0.25, -0.2) is 0 Å². The van der Waals surface area contributed by atoms with Gasteiger partial charge in [0.05, 0.1) is 5.66 Å². The van der Waals surface area contributed by atoms with Gasteiger partial charge in [-0.15, -0.1) is 0 Å². The number of benzene rings is 1. The van der Waals surface area contributed by atoms with Gasteiger partial charge in [-0.1, -0.05) is 0 Å². The van der Waals surface area contributed by atoms with Crippen LogP contribution in [0.25, 0.3) is 0 Å². The molecule has 0 spiro atoms. The molecule has 15 heavy (non-hydrogen) atoms. The molecule has 1 atom stereocenters. The quantitative estimate of drug-likeness (QED) is 0.723. The Morgan fingerprint density at radius 3 is 2.60 bits per heavy atom. The van der Waals surface area contributed by atoms with E-state index < -0.39 is 0 Å². The Morgan fingerprint density at radius 1 is 1.33 bits per heavy atom. The third-order valence-electron chi connectivity index (χ3n) is 3.38. The van der Waals surface area contributed by atoms with Crippen molar-refractivity contribution in [1.82, 2.24) is 5.32 Å². The lowest BCUT2D eigenvalue weighted by Crippen LogP contribution is -2.51. The van der Waals surface area contributed by atoms with Crippen LogP contribution in [0.15, 0.2) is 24.3 Å². The molecule has 1 saturated heterocycles. The van der Waals surface area contributed by atoms with E-state index in [-0.39, 0.29) is 5.66 Å². The normalized spacial score (nSPS) is 25.9. The highest BCUT2D eigenvalue weighted by Crippen LogP contribution is 2.31. The number of hydrogen-bond acceptors (Lipinski definition) is 3. The second-order valence-electron chi connectivity index (χ2n) is 4.37. The van der Waals surface area contributed by atoms with E-state index in [1.54, 1.807) is 0 Å². The van der Waals surface area contributed by atoms with Crippen molar-refractivity contribution in [3.8, 4) is 0 Å². The Labute approximate surface area is 91.3 Å². The third kappa shape index (κ3) is 1.79. The Morgan fingerprint density at radius 2 is 2.00 bits per heavy atom. The predicted molar refractivity (Wildman–Crippen MR) is 64.9 cm³/mol. The van der Waals surface area contributed by atoms with Crippen molar-refractivity contribution in [2.24, 2.45) is 0 Å². The first-order valence-corrected chi connectivity index (χ1v) is 5.48. The fraction of sp³-hybridized carbons (Fsp3) is 0.500. The minimum atomic E-state index is 0.0934. The van der Waals surface area contributed by atoms with E-state index in [1.165, 1.54) is 18.5 Å². The van der Waals surface area contributed by atoms with E-state index in [9.17, 15) is 0 Å². The number of nitrogens with two attached hydrogens (primary N) is 1. The minimum absolute atomic E-state index is 0.0934. The van der Waals surface area contributed by atoms with E-state index >= 15 is 0 Å². The Bertz CT molecular complexity index is 333. The van der Waals surface area contributed by atoms with Crippen molar-refractivity contribution in [3.63, 3.8) is 0 Å². The van der Waals surface area contributed by atoms with Crippen molar-refractivity contribution in [3.05, 3.63) is 24.3 Å². The summed E-state index contributed by atoms with van der Waals surface area (Å²) in [7, 11) is 2.02. The average Bonchev–Trinajstić information content (AvgIpc) is 2.63. The summed E-state index contributed by atoms with van der Waals surface area (Å²) in [6.45, 7) is 3.36. The van der Waals surface area contributed by atoms with Gasteiger partial charge in [0.25, 0.3) is 0 Å². The summed E-state index contributed by atoms with van der Waals surface area (Å²) in [5.74, 6) is 0. The number of anilines is 2. The first-order valence-electron chi connectivity index (χ1n) is 5.48. The first kappa shape index (κ1) is 10.3. The SMILES string of the molecule is CNC1(C)CCCN1c1ccc(N)cc1. The molecule has 82 valence electrons. The maximum Gasteiger partial charge on any atom is 0.0877 e. The molecule has 0 aliphatic carbocycles. The zero-order valence-electron chi connectivity index (χ0n) is 9.46. The molecule has 1 heterocycles. The smallest absolute Gasteiger partial charge is 0.0877 e. The van der Waals surface area contributed by atoms with Gasteiger partial charge < -0.3 is 10.6 Å². The molecule has 0 amide bonds. The second-order valence-corrected chi connectivity index (χ2v) is 4.37. The van der Waals surface area contributed by atoms with Crippen LogP contribution in [0.1, 0.15) is 19.8 Å². The van der Waals surface area contributed by atoms with Gasteiger partial charge in [0.1, 0.15) is 0 Å². The third-order valence-corrected chi connectivity index (χ3v) is 3.38. The van der Waals surface area contributed by atoms with E-state index in [2.05, 4.69) is 29.3 Å². The van der Waals surface area contributed by atoms with Crippen LogP contribution in [0.2, 0.25) is 0 Å². The van der Waals surface area contributed by atoms with Gasteiger partial charge in [-0.05, 0) is 51.1 Å². The molecule has 1 aliphatic rings. The predicted octanol–water partition coefficient (Wildman–Crippen LogP) is 1.80. The number of nitrogens with one attached hydrogen (secondary N) is 1. The number of hydrogen-bond donors (Lipinski definition) is 2. The zero-order valence-corrected chi connectivity index (χ0v) is 9.46. The Hall–Kier alpha value is -1.22. The number of nitrogens with zero attached hydrogens (tertiary/aromatic N) is 1. The molecule has 0 aromatic heterocycles. The summed E-state index contributed by atoms with van der Waals surface area (Å²) in [4.78, 5) is 2.41. The molecule has 1 fully saturated rings. The van der Waals surface area contributed by atoms with Crippen LogP contribution in [0.5, 0.6) is 0 Å². The number of rotatable bonds is 2. The number of nitrogen functional groups attached to an aromatic ring is 1. The zero-order chi connectivity index (χ0) is 10.9. The topological polar surface area (TPSA) is 41.3 Å². The lowest BCUT2D eigenvalue weighted by Gasteiger charge is -2.36. The van der Waals surface area contributed by atoms with E-state index in [4.69, 9.17) is 5.73 Å². The Balaban J connectivity index is 2.27. The lowest BCUT2D eigenvalue weighted by molar-refractivity contribution is 0.400. The molecule has 0 bridgehead atoms. The van der Waals surface area contributed by atoms with Gasteiger partial charge in [0.15, 0.2) is 0 Å². The monoisotopic (exact) mass is 205 g/mol. The minimum Gasteiger partial charge on any atom is -0.399 e. The van der Waals surface area contributed by atoms with Crippen LogP contribution in [0.3, 0.4) is 0 Å². The van der Waals surface area contributed by atoms with E-state index in [0.717, 1.165) is 12.2 Å². The lowest BCUT2D eigenvalue weighted by atomic mass is 10.1. The van der Waals surface area contributed by atoms with Crippen molar-refractivity contribution >= 4 is 11.4 Å². The van der Waals surface area contributed by atoms with Crippen LogP contribution < -0.4 is 16.0 Å². The van der Waals surface area contributed by atoms with Gasteiger partial charge in [-0.3, -0.25) is 5.32 Å². The van der Waals surface area contributed by atoms with Crippen LogP contribution in [-0.2, 0) is 0 Å². The van der Waals surface area contributed by atoms with Crippen molar-refractivity contribution < 1.29 is 0 Å². The molecule has 3 N–H and O–H groups in total. The fourth-order valence-corrected chi connectivity index (χ4v) is 2.29. The fourth-order valence-electron chi connectivity index (χ4n) is 2.29. The maximum atomic E-state index is 5.69. The van der Waals surface area contributed by atoms with Crippen LogP contribution in [0, 0.1) is 0 Å². The van der Waals surface area contributed by atoms with E-state index in [0.29, 0.717) is 0 Å². The highest BCUT2D eigenvalue weighted by molar-refractivity contribution is 5.55. The van der Waals surface area contributed by atoms with Crippen LogP contribution in [-0.4, -0.2) is 19.3 Å². The molecule has 1 aromatic carbocycles. The highest BCUT2D eigenvalue weighted by atomic mass is 15.3. The molecule has 1 aromatic rings. The van der Waals surface area contributed by atoms with Crippen molar-refractivity contribution in [2.45, 2.75) is 25.4 Å². The summed E-state index contributed by atoms with van der Waals surface area (Å²) < 4.78 is 0. The van der Waals surface area contributed by atoms with Gasteiger partial charge in [-0.2, -0.15) is 0 Å². The second kappa shape index (κ2) is 3.74. The first-order chi connectivity index (χ1) is 7.15. The highest BCUT2D eigenvalue weighted by Gasteiger charge is 2.34. The summed E-state index contributed by atoms with van der Waals surface area (Å²) >= 11 is 0. The molecule has 3 nitrogen and oxygen atoms in total. The van der Waals surface area contributed by atoms with Gasteiger partial charge >= 0.3 is 0 Å². The summed E-state index contributed by atoms with van der Waals surface area (Å²) in [6.07, 6.45) is 2.43. The molecular formula is C12H19N3.